The van der Waals surface area contributed by atoms with Gasteiger partial charge in [0, 0.05) is 19.8 Å². The van der Waals surface area contributed by atoms with E-state index in [1.54, 1.807) is 0 Å². The number of hydrogen-bond donors (Lipinski definition) is 2. The van der Waals surface area contributed by atoms with Gasteiger partial charge in [0.2, 0.25) is 0 Å². The molecule has 3 nitrogen and oxygen atoms in total. The van der Waals surface area contributed by atoms with Gasteiger partial charge in [0.25, 0.3) is 0 Å². The van der Waals surface area contributed by atoms with Gasteiger partial charge in [0.05, 0.1) is 4.08 Å². The fourth-order valence-corrected chi connectivity index (χ4v) is 9.14. The lowest BCUT2D eigenvalue weighted by molar-refractivity contribution is 0.0842. The Kier molecular flexibility index (Phi) is 42.6. The smallest absolute Gasteiger partial charge is 0.376 e. The molecule has 6 heteroatoms. The highest BCUT2D eigenvalue weighted by Crippen LogP contribution is 2.38. The molecule has 0 rings (SSSR count). The molecule has 0 fully saturated rings. The second kappa shape index (κ2) is 41.9. The maximum atomic E-state index is 6.44. The molecular formula is C45H94O3S2Si. The summed E-state index contributed by atoms with van der Waals surface area (Å²) in [6.07, 6.45) is 48.2. The molecule has 0 aliphatic heterocycles. The molecule has 0 spiro atoms. The Morgan fingerprint density at radius 1 is 0.353 bits per heavy atom. The summed E-state index contributed by atoms with van der Waals surface area (Å²) in [5, 5.41) is 0. The van der Waals surface area contributed by atoms with Crippen molar-refractivity contribution >= 4 is 34.8 Å². The summed E-state index contributed by atoms with van der Waals surface area (Å²) in [5.74, 6) is 0.445. The zero-order valence-electron chi connectivity index (χ0n) is 35.4. The van der Waals surface area contributed by atoms with E-state index >= 15 is 0 Å². The number of thiol groups is 2. The van der Waals surface area contributed by atoms with Gasteiger partial charge in [-0.05, 0) is 38.0 Å². The molecule has 0 bridgehead atoms. The van der Waals surface area contributed by atoms with E-state index in [4.69, 9.17) is 38.5 Å². The van der Waals surface area contributed by atoms with Gasteiger partial charge in [-0.2, -0.15) is 25.3 Å². The zero-order valence-corrected chi connectivity index (χ0v) is 38.3. The van der Waals surface area contributed by atoms with Crippen molar-refractivity contribution in [1.29, 1.82) is 0 Å². The van der Waals surface area contributed by atoms with Gasteiger partial charge in [0.15, 0.2) is 0 Å². The van der Waals surface area contributed by atoms with E-state index in [-0.39, 0.29) is 4.08 Å². The summed E-state index contributed by atoms with van der Waals surface area (Å²) in [5.41, 5.74) is 0. The second-order valence-corrected chi connectivity index (χ2v) is 19.5. The number of hydrogen-bond acceptors (Lipinski definition) is 5. The molecule has 0 aliphatic rings. The second-order valence-electron chi connectivity index (χ2n) is 16.0. The predicted octanol–water partition coefficient (Wildman–Crippen LogP) is 16.0. The lowest BCUT2D eigenvalue weighted by Crippen LogP contribution is -2.31. The standard InChI is InChI=1S/C45H94O3S2Si/c1-5-9-12-15-18-21-23-25-28-31-34-37-41-46-51(47-42-38-35-32-29-26-24-22-19-16-13-10-6-2)48-43-40-44(45(49,50)8-4)39-36-33-30-27-20-17-14-11-7-3/h44,49-51H,5-43H2,1-4H3. The van der Waals surface area contributed by atoms with Gasteiger partial charge in [-0.25, -0.2) is 0 Å². The molecule has 0 N–H and O–H groups in total. The topological polar surface area (TPSA) is 27.7 Å². The molecule has 0 amide bonds. The molecule has 0 radical (unpaired) electrons. The lowest BCUT2D eigenvalue weighted by Gasteiger charge is -2.32. The SMILES string of the molecule is CCCCCCCCCCCCCCO[SiH](OCCCCCCCCCCCCCC)OCCC(CCCCCCCCCCC)C(S)(S)CC. The third-order valence-corrected chi connectivity index (χ3v) is 13.9. The van der Waals surface area contributed by atoms with E-state index in [2.05, 4.69) is 27.7 Å². The Labute approximate surface area is 335 Å². The van der Waals surface area contributed by atoms with Crippen LogP contribution in [0, 0.1) is 5.92 Å². The molecule has 0 saturated carbocycles. The fraction of sp³-hybridized carbons (Fsp3) is 1.00. The molecule has 51 heavy (non-hydrogen) atoms. The molecule has 0 saturated heterocycles. The van der Waals surface area contributed by atoms with Crippen LogP contribution in [0.2, 0.25) is 0 Å². The normalized spacial score (nSPS) is 12.8. The first-order chi connectivity index (χ1) is 25.0. The summed E-state index contributed by atoms with van der Waals surface area (Å²) in [4.78, 5) is 0. The van der Waals surface area contributed by atoms with Crippen LogP contribution in [0.1, 0.15) is 259 Å². The molecular weight excluding hydrogens is 681 g/mol. The van der Waals surface area contributed by atoms with Crippen LogP contribution in [0.4, 0.5) is 0 Å². The third-order valence-electron chi connectivity index (χ3n) is 11.1. The maximum Gasteiger partial charge on any atom is 0.484 e. The van der Waals surface area contributed by atoms with Crippen LogP contribution >= 0.6 is 25.3 Å². The minimum absolute atomic E-state index is 0.244. The minimum Gasteiger partial charge on any atom is -0.376 e. The van der Waals surface area contributed by atoms with E-state index in [9.17, 15) is 0 Å². The van der Waals surface area contributed by atoms with Crippen molar-refractivity contribution in [2.45, 2.75) is 263 Å². The zero-order chi connectivity index (χ0) is 37.4. The molecule has 0 heterocycles. The van der Waals surface area contributed by atoms with Crippen LogP contribution in [0.3, 0.4) is 0 Å². The highest BCUT2D eigenvalue weighted by molar-refractivity contribution is 8.00. The van der Waals surface area contributed by atoms with E-state index in [0.717, 1.165) is 38.9 Å². The molecule has 0 aliphatic carbocycles. The monoisotopic (exact) mass is 775 g/mol. The van der Waals surface area contributed by atoms with Gasteiger partial charge < -0.3 is 13.3 Å². The van der Waals surface area contributed by atoms with Crippen LogP contribution in [-0.2, 0) is 13.3 Å². The first-order valence-corrected chi connectivity index (χ1v) is 25.6. The van der Waals surface area contributed by atoms with Gasteiger partial charge in [0.1, 0.15) is 0 Å². The van der Waals surface area contributed by atoms with Gasteiger partial charge in [-0.1, -0.05) is 227 Å². The van der Waals surface area contributed by atoms with Crippen molar-refractivity contribution in [2.75, 3.05) is 19.8 Å². The van der Waals surface area contributed by atoms with Crippen molar-refractivity contribution in [1.82, 2.24) is 0 Å². The van der Waals surface area contributed by atoms with Gasteiger partial charge in [-0.15, -0.1) is 0 Å². The average molecular weight is 775 g/mol. The van der Waals surface area contributed by atoms with Gasteiger partial charge in [-0.3, -0.25) is 0 Å². The van der Waals surface area contributed by atoms with Crippen LogP contribution in [-0.4, -0.2) is 33.4 Å². The molecule has 0 aromatic carbocycles. The Morgan fingerprint density at radius 2 is 0.627 bits per heavy atom. The van der Waals surface area contributed by atoms with Crippen LogP contribution in [0.25, 0.3) is 0 Å². The summed E-state index contributed by atoms with van der Waals surface area (Å²) >= 11 is 10.0. The van der Waals surface area contributed by atoms with E-state index in [0.29, 0.717) is 12.5 Å². The van der Waals surface area contributed by atoms with E-state index in [1.807, 2.05) is 0 Å². The largest absolute Gasteiger partial charge is 0.484 e. The maximum absolute atomic E-state index is 6.44. The predicted molar refractivity (Wildman–Crippen MR) is 238 cm³/mol. The number of rotatable bonds is 44. The molecule has 1 unspecified atom stereocenters. The van der Waals surface area contributed by atoms with Crippen LogP contribution in [0.15, 0.2) is 0 Å². The van der Waals surface area contributed by atoms with Crippen LogP contribution in [0.5, 0.6) is 0 Å². The first-order valence-electron chi connectivity index (χ1n) is 23.3. The van der Waals surface area contributed by atoms with Crippen molar-refractivity contribution in [2.24, 2.45) is 5.92 Å². The molecule has 0 aromatic rings. The Balaban J connectivity index is 4.46. The van der Waals surface area contributed by atoms with E-state index in [1.165, 1.54) is 205 Å². The third kappa shape index (κ3) is 37.5. The average Bonchev–Trinajstić information content (AvgIpc) is 3.13. The summed E-state index contributed by atoms with van der Waals surface area (Å²) in [7, 11) is -2.13. The Bertz CT molecular complexity index is 623. The fourth-order valence-electron chi connectivity index (χ4n) is 7.29. The summed E-state index contributed by atoms with van der Waals surface area (Å²) < 4.78 is 18.9. The lowest BCUT2D eigenvalue weighted by atomic mass is 9.92. The molecule has 1 atom stereocenters. The van der Waals surface area contributed by atoms with Crippen molar-refractivity contribution in [3.63, 3.8) is 0 Å². The Hall–Kier alpha value is 0.797. The molecule has 0 aromatic heterocycles. The summed E-state index contributed by atoms with van der Waals surface area (Å²) in [6, 6.07) is 0. The Morgan fingerprint density at radius 3 is 0.941 bits per heavy atom. The van der Waals surface area contributed by atoms with Crippen LogP contribution < -0.4 is 0 Å². The molecule has 308 valence electrons. The highest BCUT2D eigenvalue weighted by Gasteiger charge is 2.30. The van der Waals surface area contributed by atoms with Crippen molar-refractivity contribution in [3.05, 3.63) is 0 Å². The summed E-state index contributed by atoms with van der Waals surface area (Å²) in [6.45, 7) is 11.4. The minimum atomic E-state index is -2.13. The highest BCUT2D eigenvalue weighted by atomic mass is 32.2. The number of unbranched alkanes of at least 4 members (excludes halogenated alkanes) is 30. The van der Waals surface area contributed by atoms with Crippen molar-refractivity contribution in [3.8, 4) is 0 Å². The first kappa shape index (κ1) is 51.8. The van der Waals surface area contributed by atoms with Gasteiger partial charge >= 0.3 is 9.53 Å². The van der Waals surface area contributed by atoms with Crippen molar-refractivity contribution < 1.29 is 13.3 Å². The van der Waals surface area contributed by atoms with E-state index < -0.39 is 9.53 Å². The quantitative estimate of drug-likeness (QED) is 0.0279.